The first-order valence-electron chi connectivity index (χ1n) is 5.47. The molecule has 0 bridgehead atoms. The van der Waals surface area contributed by atoms with Gasteiger partial charge in [0.1, 0.15) is 17.6 Å². The van der Waals surface area contributed by atoms with Crippen LogP contribution in [0.3, 0.4) is 0 Å². The van der Waals surface area contributed by atoms with Crippen LogP contribution in [0.4, 0.5) is 4.39 Å². The monoisotopic (exact) mass is 269 g/mol. The van der Waals surface area contributed by atoms with Crippen molar-refractivity contribution in [1.82, 2.24) is 14.8 Å². The van der Waals surface area contributed by atoms with Crippen LogP contribution in [0.15, 0.2) is 18.3 Å². The highest BCUT2D eigenvalue weighted by Crippen LogP contribution is 2.25. The van der Waals surface area contributed by atoms with Crippen molar-refractivity contribution in [3.8, 4) is 0 Å². The fourth-order valence-electron chi connectivity index (χ4n) is 1.82. The molecule has 1 atom stereocenters. The lowest BCUT2D eigenvalue weighted by Crippen LogP contribution is -2.10. The molecule has 0 aliphatic heterocycles. The van der Waals surface area contributed by atoms with Crippen LogP contribution in [0.2, 0.25) is 5.02 Å². The molecule has 0 aliphatic carbocycles. The second-order valence-corrected chi connectivity index (χ2v) is 4.44. The third-order valence-corrected chi connectivity index (χ3v) is 3.24. The van der Waals surface area contributed by atoms with E-state index in [0.29, 0.717) is 16.4 Å². The Bertz CT molecular complexity index is 570. The van der Waals surface area contributed by atoms with E-state index >= 15 is 0 Å². The van der Waals surface area contributed by atoms with E-state index in [1.165, 1.54) is 18.3 Å². The standard InChI is InChI=1S/C12H13ClFN3O/c1-7-11(13)9(17(2)16-7)6-10(18)12-8(14)4-3-5-15-12/h3-5,10,18H,6H2,1-2H3. The van der Waals surface area contributed by atoms with Gasteiger partial charge < -0.3 is 5.11 Å². The molecule has 0 aromatic carbocycles. The molecule has 1 N–H and O–H groups in total. The fraction of sp³-hybridized carbons (Fsp3) is 0.333. The lowest BCUT2D eigenvalue weighted by molar-refractivity contribution is 0.166. The number of rotatable bonds is 3. The van der Waals surface area contributed by atoms with Crippen molar-refractivity contribution in [2.75, 3.05) is 0 Å². The molecule has 6 heteroatoms. The van der Waals surface area contributed by atoms with Crippen LogP contribution in [0, 0.1) is 12.7 Å². The van der Waals surface area contributed by atoms with E-state index in [0.717, 1.165) is 0 Å². The van der Waals surface area contributed by atoms with Crippen LogP contribution in [0.5, 0.6) is 0 Å². The minimum atomic E-state index is -1.04. The topological polar surface area (TPSA) is 50.9 Å². The van der Waals surface area contributed by atoms with E-state index in [1.807, 2.05) is 0 Å². The van der Waals surface area contributed by atoms with Gasteiger partial charge >= 0.3 is 0 Å². The summed E-state index contributed by atoms with van der Waals surface area (Å²) in [6, 6.07) is 2.74. The van der Waals surface area contributed by atoms with Crippen molar-refractivity contribution in [1.29, 1.82) is 0 Å². The summed E-state index contributed by atoms with van der Waals surface area (Å²) in [6.45, 7) is 1.78. The van der Waals surface area contributed by atoms with Crippen LogP contribution in [-0.4, -0.2) is 19.9 Å². The van der Waals surface area contributed by atoms with Crippen LogP contribution in [0.25, 0.3) is 0 Å². The zero-order chi connectivity index (χ0) is 13.3. The smallest absolute Gasteiger partial charge is 0.147 e. The van der Waals surface area contributed by atoms with Gasteiger partial charge in [0.2, 0.25) is 0 Å². The molecule has 2 heterocycles. The number of aryl methyl sites for hydroxylation is 2. The molecule has 4 nitrogen and oxygen atoms in total. The summed E-state index contributed by atoms with van der Waals surface area (Å²) < 4.78 is 15.1. The van der Waals surface area contributed by atoms with Crippen LogP contribution < -0.4 is 0 Å². The van der Waals surface area contributed by atoms with E-state index in [1.54, 1.807) is 18.7 Å². The molecule has 18 heavy (non-hydrogen) atoms. The van der Waals surface area contributed by atoms with Gasteiger partial charge in [-0.15, -0.1) is 0 Å². The molecule has 0 radical (unpaired) electrons. The largest absolute Gasteiger partial charge is 0.386 e. The molecule has 2 aromatic heterocycles. The van der Waals surface area contributed by atoms with Gasteiger partial charge in [0.05, 0.1) is 16.4 Å². The number of nitrogens with zero attached hydrogens (tertiary/aromatic N) is 3. The molecule has 2 aromatic rings. The third kappa shape index (κ3) is 2.37. The number of pyridine rings is 1. The maximum atomic E-state index is 13.5. The van der Waals surface area contributed by atoms with Crippen molar-refractivity contribution in [3.63, 3.8) is 0 Å². The molecule has 1 unspecified atom stereocenters. The Balaban J connectivity index is 2.27. The van der Waals surface area contributed by atoms with Crippen molar-refractivity contribution >= 4 is 11.6 Å². The first-order valence-corrected chi connectivity index (χ1v) is 5.85. The molecule has 0 amide bonds. The van der Waals surface area contributed by atoms with Crippen molar-refractivity contribution in [2.45, 2.75) is 19.4 Å². The minimum Gasteiger partial charge on any atom is -0.386 e. The minimum absolute atomic E-state index is 0.0208. The van der Waals surface area contributed by atoms with E-state index in [9.17, 15) is 9.50 Å². The normalized spacial score (nSPS) is 12.7. The van der Waals surface area contributed by atoms with Gasteiger partial charge in [-0.2, -0.15) is 5.10 Å². The number of aliphatic hydroxyl groups excluding tert-OH is 1. The number of aromatic nitrogens is 3. The van der Waals surface area contributed by atoms with Crippen LogP contribution in [0.1, 0.15) is 23.2 Å². The maximum Gasteiger partial charge on any atom is 0.147 e. The Morgan fingerprint density at radius 1 is 1.56 bits per heavy atom. The Hall–Kier alpha value is -1.46. The quantitative estimate of drug-likeness (QED) is 0.929. The second-order valence-electron chi connectivity index (χ2n) is 4.06. The Labute approximate surface area is 109 Å². The molecule has 0 spiro atoms. The zero-order valence-corrected chi connectivity index (χ0v) is 10.8. The summed E-state index contributed by atoms with van der Waals surface area (Å²) in [7, 11) is 1.73. The fourth-order valence-corrected chi connectivity index (χ4v) is 2.06. The maximum absolute atomic E-state index is 13.5. The first kappa shape index (κ1) is 13.0. The van der Waals surface area contributed by atoms with E-state index in [2.05, 4.69) is 10.1 Å². The summed E-state index contributed by atoms with van der Waals surface area (Å²) in [6.07, 6.45) is 0.570. The zero-order valence-electron chi connectivity index (χ0n) is 10.1. The Morgan fingerprint density at radius 2 is 2.28 bits per heavy atom. The molecule has 0 saturated carbocycles. The highest BCUT2D eigenvalue weighted by molar-refractivity contribution is 6.31. The van der Waals surface area contributed by atoms with Gasteiger partial charge in [0, 0.05) is 19.7 Å². The van der Waals surface area contributed by atoms with Gasteiger partial charge in [-0.05, 0) is 19.1 Å². The van der Waals surface area contributed by atoms with E-state index in [-0.39, 0.29) is 12.1 Å². The number of halogens is 2. The SMILES string of the molecule is Cc1nn(C)c(CC(O)c2ncccc2F)c1Cl. The highest BCUT2D eigenvalue weighted by Gasteiger charge is 2.19. The van der Waals surface area contributed by atoms with E-state index < -0.39 is 11.9 Å². The van der Waals surface area contributed by atoms with Gasteiger partial charge in [-0.3, -0.25) is 9.67 Å². The molecular formula is C12H13ClFN3O. The first-order chi connectivity index (χ1) is 8.50. The molecule has 2 rings (SSSR count). The van der Waals surface area contributed by atoms with Crippen LogP contribution >= 0.6 is 11.6 Å². The Morgan fingerprint density at radius 3 is 2.83 bits per heavy atom. The predicted octanol–water partition coefficient (Wildman–Crippen LogP) is 2.19. The van der Waals surface area contributed by atoms with Gasteiger partial charge in [0.25, 0.3) is 0 Å². The van der Waals surface area contributed by atoms with Crippen molar-refractivity contribution in [3.05, 3.63) is 46.3 Å². The van der Waals surface area contributed by atoms with Gasteiger partial charge in [-0.1, -0.05) is 11.6 Å². The van der Waals surface area contributed by atoms with Crippen molar-refractivity contribution < 1.29 is 9.50 Å². The van der Waals surface area contributed by atoms with Crippen molar-refractivity contribution in [2.24, 2.45) is 7.05 Å². The number of hydrogen-bond acceptors (Lipinski definition) is 3. The highest BCUT2D eigenvalue weighted by atomic mass is 35.5. The average molecular weight is 270 g/mol. The third-order valence-electron chi connectivity index (χ3n) is 2.75. The molecule has 96 valence electrons. The summed E-state index contributed by atoms with van der Waals surface area (Å²) in [5, 5.41) is 14.6. The Kier molecular flexibility index (Phi) is 3.63. The number of aliphatic hydroxyl groups is 1. The van der Waals surface area contributed by atoms with Gasteiger partial charge in [0.15, 0.2) is 0 Å². The van der Waals surface area contributed by atoms with E-state index in [4.69, 9.17) is 11.6 Å². The van der Waals surface area contributed by atoms with Crippen LogP contribution in [-0.2, 0) is 13.5 Å². The average Bonchev–Trinajstić information content (AvgIpc) is 2.56. The molecule has 0 aliphatic rings. The molecule has 0 fully saturated rings. The summed E-state index contributed by atoms with van der Waals surface area (Å²) in [4.78, 5) is 3.84. The summed E-state index contributed by atoms with van der Waals surface area (Å²) in [5.41, 5.74) is 1.36. The lowest BCUT2D eigenvalue weighted by atomic mass is 10.1. The predicted molar refractivity (Wildman–Crippen MR) is 65.8 cm³/mol. The summed E-state index contributed by atoms with van der Waals surface area (Å²) in [5.74, 6) is -0.528. The molecule has 0 saturated heterocycles. The summed E-state index contributed by atoms with van der Waals surface area (Å²) >= 11 is 6.08. The molecular weight excluding hydrogens is 257 g/mol. The number of hydrogen-bond donors (Lipinski definition) is 1. The second kappa shape index (κ2) is 5.04. The lowest BCUT2D eigenvalue weighted by Gasteiger charge is -2.11. The van der Waals surface area contributed by atoms with Gasteiger partial charge in [-0.25, -0.2) is 4.39 Å².